The molecule has 1 aliphatic heterocycles. The smallest absolute Gasteiger partial charge is 0.263 e. The molecule has 1 fully saturated rings. The number of hydrogen-bond acceptors (Lipinski definition) is 4. The van der Waals surface area contributed by atoms with Crippen LogP contribution >= 0.6 is 11.3 Å². The van der Waals surface area contributed by atoms with Crippen molar-refractivity contribution in [3.05, 3.63) is 40.7 Å². The summed E-state index contributed by atoms with van der Waals surface area (Å²) in [4.78, 5) is 17.2. The Morgan fingerprint density at radius 1 is 1.43 bits per heavy atom. The molecule has 110 valence electrons. The van der Waals surface area contributed by atoms with Gasteiger partial charge in [0.2, 0.25) is 0 Å². The van der Waals surface area contributed by atoms with Gasteiger partial charge in [0.25, 0.3) is 5.91 Å². The Balaban J connectivity index is 1.73. The van der Waals surface area contributed by atoms with Crippen LogP contribution in [0.15, 0.2) is 24.3 Å². The number of nitrogens with zero attached hydrogens (tertiary/aromatic N) is 1. The van der Waals surface area contributed by atoms with Crippen molar-refractivity contribution in [1.82, 2.24) is 15.6 Å². The Morgan fingerprint density at radius 2 is 2.14 bits per heavy atom. The van der Waals surface area contributed by atoms with Crippen LogP contribution in [0.2, 0.25) is 0 Å². The summed E-state index contributed by atoms with van der Waals surface area (Å²) < 4.78 is 12.9. The van der Waals surface area contributed by atoms with Gasteiger partial charge in [0.05, 0.1) is 5.69 Å². The van der Waals surface area contributed by atoms with Crippen LogP contribution < -0.4 is 10.6 Å². The summed E-state index contributed by atoms with van der Waals surface area (Å²) >= 11 is 1.34. The van der Waals surface area contributed by atoms with Crippen molar-refractivity contribution < 1.29 is 9.18 Å². The van der Waals surface area contributed by atoms with E-state index in [0.717, 1.165) is 23.7 Å². The topological polar surface area (TPSA) is 54.0 Å². The number of halogens is 1. The van der Waals surface area contributed by atoms with Crippen LogP contribution in [0, 0.1) is 18.7 Å². The Hall–Kier alpha value is -1.79. The van der Waals surface area contributed by atoms with Gasteiger partial charge < -0.3 is 10.6 Å². The zero-order chi connectivity index (χ0) is 14.8. The van der Waals surface area contributed by atoms with E-state index in [1.807, 2.05) is 6.92 Å². The van der Waals surface area contributed by atoms with Crippen molar-refractivity contribution in [2.75, 3.05) is 19.6 Å². The molecule has 0 spiro atoms. The normalized spacial score (nSPS) is 14.8. The van der Waals surface area contributed by atoms with E-state index < -0.39 is 0 Å². The van der Waals surface area contributed by atoms with Gasteiger partial charge in [0.1, 0.15) is 15.7 Å². The SMILES string of the molecule is Cc1nc(-c2ccc(F)cc2)sc1C(=O)NCC1CNC1. The van der Waals surface area contributed by atoms with Gasteiger partial charge in [-0.3, -0.25) is 4.79 Å². The predicted octanol–water partition coefficient (Wildman–Crippen LogP) is 2.21. The molecule has 21 heavy (non-hydrogen) atoms. The molecular weight excluding hydrogens is 289 g/mol. The summed E-state index contributed by atoms with van der Waals surface area (Å²) in [6.45, 7) is 4.43. The second-order valence-corrected chi connectivity index (χ2v) is 6.17. The van der Waals surface area contributed by atoms with Crippen molar-refractivity contribution in [1.29, 1.82) is 0 Å². The Bertz CT molecular complexity index is 649. The first-order valence-electron chi connectivity index (χ1n) is 6.86. The third-order valence-corrected chi connectivity index (χ3v) is 4.72. The van der Waals surface area contributed by atoms with Crippen LogP contribution in [0.1, 0.15) is 15.4 Å². The highest BCUT2D eigenvalue weighted by atomic mass is 32.1. The molecule has 4 nitrogen and oxygen atoms in total. The van der Waals surface area contributed by atoms with E-state index in [1.54, 1.807) is 12.1 Å². The summed E-state index contributed by atoms with van der Waals surface area (Å²) in [7, 11) is 0. The number of thiazole rings is 1. The number of aryl methyl sites for hydroxylation is 1. The lowest BCUT2D eigenvalue weighted by atomic mass is 10.0. The van der Waals surface area contributed by atoms with Crippen molar-refractivity contribution >= 4 is 17.2 Å². The summed E-state index contributed by atoms with van der Waals surface area (Å²) in [6, 6.07) is 6.15. The van der Waals surface area contributed by atoms with Crippen molar-refractivity contribution in [3.8, 4) is 10.6 Å². The van der Waals surface area contributed by atoms with Gasteiger partial charge in [-0.1, -0.05) is 0 Å². The largest absolute Gasteiger partial charge is 0.351 e. The summed E-state index contributed by atoms with van der Waals surface area (Å²) in [5.74, 6) is 0.170. The van der Waals surface area contributed by atoms with Crippen LogP contribution in [0.4, 0.5) is 4.39 Å². The monoisotopic (exact) mass is 305 g/mol. The minimum absolute atomic E-state index is 0.0785. The van der Waals surface area contributed by atoms with E-state index in [2.05, 4.69) is 15.6 Å². The molecule has 6 heteroatoms. The molecule has 0 aliphatic carbocycles. The van der Waals surface area contributed by atoms with Crippen molar-refractivity contribution in [3.63, 3.8) is 0 Å². The molecule has 1 saturated heterocycles. The lowest BCUT2D eigenvalue weighted by Gasteiger charge is -2.26. The summed E-state index contributed by atoms with van der Waals surface area (Å²) in [5, 5.41) is 6.86. The minimum atomic E-state index is -0.279. The number of nitrogens with one attached hydrogen (secondary N) is 2. The molecule has 2 aromatic rings. The summed E-state index contributed by atoms with van der Waals surface area (Å²) in [6.07, 6.45) is 0. The fourth-order valence-electron chi connectivity index (χ4n) is 2.13. The molecule has 0 unspecified atom stereocenters. The van der Waals surface area contributed by atoms with E-state index in [-0.39, 0.29) is 11.7 Å². The lowest BCUT2D eigenvalue weighted by molar-refractivity contribution is 0.0945. The molecule has 1 aliphatic rings. The van der Waals surface area contributed by atoms with Gasteiger partial charge in [-0.25, -0.2) is 9.37 Å². The molecule has 1 aromatic heterocycles. The number of carbonyl (C=O) groups excluding carboxylic acids is 1. The first kappa shape index (κ1) is 14.2. The van der Waals surface area contributed by atoms with Crippen LogP contribution in [0.25, 0.3) is 10.6 Å². The average molecular weight is 305 g/mol. The third kappa shape index (κ3) is 3.11. The maximum Gasteiger partial charge on any atom is 0.263 e. The Kier molecular flexibility index (Phi) is 3.98. The molecule has 0 radical (unpaired) electrons. The van der Waals surface area contributed by atoms with Crippen LogP contribution in [0.5, 0.6) is 0 Å². The lowest BCUT2D eigenvalue weighted by Crippen LogP contribution is -2.48. The maximum atomic E-state index is 12.9. The number of hydrogen-bond donors (Lipinski definition) is 2. The number of amides is 1. The second kappa shape index (κ2) is 5.91. The van der Waals surface area contributed by atoms with E-state index >= 15 is 0 Å². The molecule has 2 heterocycles. The average Bonchev–Trinajstić information content (AvgIpc) is 2.80. The first-order valence-corrected chi connectivity index (χ1v) is 7.67. The molecule has 0 bridgehead atoms. The Labute approximate surface area is 126 Å². The Morgan fingerprint density at radius 3 is 2.76 bits per heavy atom. The fourth-order valence-corrected chi connectivity index (χ4v) is 3.12. The fraction of sp³-hybridized carbons (Fsp3) is 0.333. The third-order valence-electron chi connectivity index (χ3n) is 3.51. The number of aromatic nitrogens is 1. The maximum absolute atomic E-state index is 12.9. The quantitative estimate of drug-likeness (QED) is 0.910. The molecular formula is C15H16FN3OS. The highest BCUT2D eigenvalue weighted by Crippen LogP contribution is 2.28. The highest BCUT2D eigenvalue weighted by Gasteiger charge is 2.20. The summed E-state index contributed by atoms with van der Waals surface area (Å²) in [5.41, 5.74) is 1.54. The molecule has 1 amide bonds. The molecule has 1 aromatic carbocycles. The minimum Gasteiger partial charge on any atom is -0.351 e. The van der Waals surface area contributed by atoms with Gasteiger partial charge in [-0.15, -0.1) is 11.3 Å². The first-order chi connectivity index (χ1) is 10.1. The van der Waals surface area contributed by atoms with Crippen LogP contribution in [-0.2, 0) is 0 Å². The van der Waals surface area contributed by atoms with E-state index in [9.17, 15) is 9.18 Å². The number of carbonyl (C=O) groups is 1. The molecule has 3 rings (SSSR count). The standard InChI is InChI=1S/C15H16FN3OS/c1-9-13(14(20)18-8-10-6-17-7-10)21-15(19-9)11-2-4-12(16)5-3-11/h2-5,10,17H,6-8H2,1H3,(H,18,20). The van der Waals surface area contributed by atoms with Crippen molar-refractivity contribution in [2.45, 2.75) is 6.92 Å². The van der Waals surface area contributed by atoms with Gasteiger partial charge in [-0.2, -0.15) is 0 Å². The molecule has 0 atom stereocenters. The number of rotatable bonds is 4. The molecule has 2 N–H and O–H groups in total. The van der Waals surface area contributed by atoms with Gasteiger partial charge in [0, 0.05) is 31.1 Å². The van der Waals surface area contributed by atoms with E-state index in [0.29, 0.717) is 23.0 Å². The second-order valence-electron chi connectivity index (χ2n) is 5.17. The van der Waals surface area contributed by atoms with Crippen LogP contribution in [-0.4, -0.2) is 30.5 Å². The zero-order valence-corrected chi connectivity index (χ0v) is 12.5. The van der Waals surface area contributed by atoms with Crippen LogP contribution in [0.3, 0.4) is 0 Å². The zero-order valence-electron chi connectivity index (χ0n) is 11.6. The van der Waals surface area contributed by atoms with Crippen molar-refractivity contribution in [2.24, 2.45) is 5.92 Å². The van der Waals surface area contributed by atoms with Gasteiger partial charge >= 0.3 is 0 Å². The van der Waals surface area contributed by atoms with E-state index in [4.69, 9.17) is 0 Å². The van der Waals surface area contributed by atoms with Gasteiger partial charge in [0.15, 0.2) is 0 Å². The predicted molar refractivity (Wildman–Crippen MR) is 80.9 cm³/mol. The molecule has 0 saturated carbocycles. The van der Waals surface area contributed by atoms with Gasteiger partial charge in [-0.05, 0) is 31.2 Å². The van der Waals surface area contributed by atoms with E-state index in [1.165, 1.54) is 23.5 Å². The number of benzene rings is 1. The highest BCUT2D eigenvalue weighted by molar-refractivity contribution is 7.17.